The first-order chi connectivity index (χ1) is 8.72. The highest BCUT2D eigenvalue weighted by atomic mass is 79.9. The van der Waals surface area contributed by atoms with Crippen LogP contribution in [0.5, 0.6) is 11.6 Å². The third kappa shape index (κ3) is 2.16. The van der Waals surface area contributed by atoms with E-state index in [1.165, 1.54) is 6.33 Å². The van der Waals surface area contributed by atoms with Gasteiger partial charge in [-0.25, -0.2) is 4.98 Å². The number of H-pyrrole nitrogens is 1. The average Bonchev–Trinajstić information content (AvgIpc) is 2.77. The van der Waals surface area contributed by atoms with Gasteiger partial charge in [-0.3, -0.25) is 0 Å². The molecule has 18 heavy (non-hydrogen) atoms. The van der Waals surface area contributed by atoms with E-state index in [4.69, 9.17) is 16.3 Å². The number of aromatic amines is 1. The van der Waals surface area contributed by atoms with Crippen molar-refractivity contribution in [2.45, 2.75) is 0 Å². The first-order valence-corrected chi connectivity index (χ1v) is 6.19. The summed E-state index contributed by atoms with van der Waals surface area (Å²) < 4.78 is 6.59. The van der Waals surface area contributed by atoms with Crippen LogP contribution < -0.4 is 4.74 Å². The molecule has 2 heterocycles. The molecule has 0 bridgehead atoms. The molecular weight excluding hydrogens is 320 g/mol. The maximum atomic E-state index is 5.81. The summed E-state index contributed by atoms with van der Waals surface area (Å²) in [6.07, 6.45) is 1.52. The fourth-order valence-electron chi connectivity index (χ4n) is 1.50. The Bertz CT molecular complexity index is 715. The summed E-state index contributed by atoms with van der Waals surface area (Å²) in [5.74, 6) is 0.996. The van der Waals surface area contributed by atoms with Crippen molar-refractivity contribution in [3.63, 3.8) is 0 Å². The maximum absolute atomic E-state index is 5.81. The predicted molar refractivity (Wildman–Crippen MR) is 70.9 cm³/mol. The van der Waals surface area contributed by atoms with Gasteiger partial charge in [-0.2, -0.15) is 9.97 Å². The summed E-state index contributed by atoms with van der Waals surface area (Å²) in [6.45, 7) is 0. The zero-order valence-corrected chi connectivity index (χ0v) is 11.2. The van der Waals surface area contributed by atoms with Gasteiger partial charge in [0.1, 0.15) is 11.3 Å². The number of imidazole rings is 1. The van der Waals surface area contributed by atoms with Crippen molar-refractivity contribution >= 4 is 38.7 Å². The van der Waals surface area contributed by atoms with Gasteiger partial charge in [0.05, 0.1) is 6.33 Å². The van der Waals surface area contributed by atoms with E-state index in [9.17, 15) is 0 Å². The van der Waals surface area contributed by atoms with Crippen LogP contribution in [0.3, 0.4) is 0 Å². The Labute approximate surface area is 115 Å². The summed E-state index contributed by atoms with van der Waals surface area (Å²) >= 11 is 9.19. The number of nitrogens with one attached hydrogen (secondary N) is 1. The molecule has 0 saturated carbocycles. The van der Waals surface area contributed by atoms with E-state index in [0.717, 1.165) is 4.47 Å². The Morgan fingerprint density at radius 1 is 1.28 bits per heavy atom. The van der Waals surface area contributed by atoms with Crippen molar-refractivity contribution in [1.29, 1.82) is 0 Å². The molecule has 0 atom stereocenters. The molecule has 3 aromatic rings. The van der Waals surface area contributed by atoms with Crippen molar-refractivity contribution in [2.75, 3.05) is 0 Å². The molecule has 0 saturated heterocycles. The van der Waals surface area contributed by atoms with E-state index >= 15 is 0 Å². The third-order valence-electron chi connectivity index (χ3n) is 2.24. The van der Waals surface area contributed by atoms with Crippen LogP contribution >= 0.6 is 27.5 Å². The molecule has 0 aliphatic rings. The zero-order chi connectivity index (χ0) is 12.5. The second kappa shape index (κ2) is 4.55. The van der Waals surface area contributed by atoms with Gasteiger partial charge < -0.3 is 9.72 Å². The van der Waals surface area contributed by atoms with Crippen molar-refractivity contribution in [1.82, 2.24) is 19.9 Å². The molecule has 0 fully saturated rings. The van der Waals surface area contributed by atoms with Crippen molar-refractivity contribution in [3.8, 4) is 11.6 Å². The first kappa shape index (κ1) is 11.4. The van der Waals surface area contributed by atoms with Crippen molar-refractivity contribution < 1.29 is 4.74 Å². The van der Waals surface area contributed by atoms with Gasteiger partial charge in [0.2, 0.25) is 11.2 Å². The summed E-state index contributed by atoms with van der Waals surface area (Å²) in [7, 11) is 0. The number of hydrogen-bond donors (Lipinski definition) is 1. The second-order valence-electron chi connectivity index (χ2n) is 3.46. The van der Waals surface area contributed by atoms with E-state index in [-0.39, 0.29) is 5.28 Å². The standard InChI is InChI=1S/C11H6BrClN4O/c12-6-2-1-3-7(4-6)18-10-8-9(15-5-14-8)16-11(13)17-10/h1-5H,(H,14,15,16,17). The number of ether oxygens (including phenoxy) is 1. The van der Waals surface area contributed by atoms with Gasteiger partial charge in [0.25, 0.3) is 0 Å². The number of fused-ring (bicyclic) bond motifs is 1. The molecule has 90 valence electrons. The lowest BCUT2D eigenvalue weighted by Crippen LogP contribution is -1.92. The SMILES string of the molecule is Clc1nc(Oc2cccc(Br)c2)c2[nH]cnc2n1. The van der Waals surface area contributed by atoms with Crippen LogP contribution in [0, 0.1) is 0 Å². The Balaban J connectivity index is 2.06. The van der Waals surface area contributed by atoms with Crippen molar-refractivity contribution in [2.24, 2.45) is 0 Å². The molecule has 0 amide bonds. The largest absolute Gasteiger partial charge is 0.437 e. The highest BCUT2D eigenvalue weighted by Gasteiger charge is 2.11. The molecule has 1 N–H and O–H groups in total. The number of hydrogen-bond acceptors (Lipinski definition) is 4. The average molecular weight is 326 g/mol. The van der Waals surface area contributed by atoms with Crippen LogP contribution in [0.15, 0.2) is 35.1 Å². The molecule has 7 heteroatoms. The van der Waals surface area contributed by atoms with Crippen LogP contribution in [-0.2, 0) is 0 Å². The highest BCUT2D eigenvalue weighted by molar-refractivity contribution is 9.10. The smallest absolute Gasteiger partial charge is 0.250 e. The van der Waals surface area contributed by atoms with Gasteiger partial charge in [-0.15, -0.1) is 0 Å². The lowest BCUT2D eigenvalue weighted by atomic mass is 10.3. The monoisotopic (exact) mass is 324 g/mol. The minimum absolute atomic E-state index is 0.0968. The molecular formula is C11H6BrClN4O. The van der Waals surface area contributed by atoms with E-state index < -0.39 is 0 Å². The summed E-state index contributed by atoms with van der Waals surface area (Å²) in [6, 6.07) is 7.43. The molecule has 0 radical (unpaired) electrons. The lowest BCUT2D eigenvalue weighted by Gasteiger charge is -2.05. The molecule has 1 aromatic carbocycles. The van der Waals surface area contributed by atoms with Crippen LogP contribution in [0.1, 0.15) is 0 Å². The maximum Gasteiger partial charge on any atom is 0.250 e. The molecule has 0 aliphatic heterocycles. The topological polar surface area (TPSA) is 63.7 Å². The predicted octanol–water partition coefficient (Wildman–Crippen LogP) is 3.56. The zero-order valence-electron chi connectivity index (χ0n) is 8.89. The lowest BCUT2D eigenvalue weighted by molar-refractivity contribution is 0.467. The fraction of sp³-hybridized carbons (Fsp3) is 0. The quantitative estimate of drug-likeness (QED) is 0.732. The van der Waals surface area contributed by atoms with E-state index in [1.54, 1.807) is 0 Å². The fourth-order valence-corrected chi connectivity index (χ4v) is 2.03. The number of halogens is 2. The van der Waals surface area contributed by atoms with Gasteiger partial charge >= 0.3 is 0 Å². The van der Waals surface area contributed by atoms with Gasteiger partial charge in [0, 0.05) is 4.47 Å². The Morgan fingerprint density at radius 2 is 2.17 bits per heavy atom. The van der Waals surface area contributed by atoms with E-state index in [1.807, 2.05) is 24.3 Å². The van der Waals surface area contributed by atoms with Gasteiger partial charge in [-0.1, -0.05) is 22.0 Å². The molecule has 0 spiro atoms. The summed E-state index contributed by atoms with van der Waals surface area (Å²) in [5, 5.41) is 0.0968. The number of benzene rings is 1. The summed E-state index contributed by atoms with van der Waals surface area (Å²) in [5.41, 5.74) is 1.08. The van der Waals surface area contributed by atoms with Gasteiger partial charge in [0.15, 0.2) is 5.65 Å². The van der Waals surface area contributed by atoms with E-state index in [2.05, 4.69) is 35.9 Å². The summed E-state index contributed by atoms with van der Waals surface area (Å²) in [4.78, 5) is 15.0. The number of rotatable bonds is 2. The molecule has 5 nitrogen and oxygen atoms in total. The minimum atomic E-state index is 0.0968. The van der Waals surface area contributed by atoms with Crippen LogP contribution in [0.25, 0.3) is 11.2 Å². The number of aromatic nitrogens is 4. The molecule has 0 unspecified atom stereocenters. The molecule has 3 rings (SSSR count). The van der Waals surface area contributed by atoms with Crippen LogP contribution in [0.4, 0.5) is 0 Å². The third-order valence-corrected chi connectivity index (χ3v) is 2.90. The highest BCUT2D eigenvalue weighted by Crippen LogP contribution is 2.27. The van der Waals surface area contributed by atoms with Crippen LogP contribution in [0.2, 0.25) is 5.28 Å². The Hall–Kier alpha value is -1.66. The second-order valence-corrected chi connectivity index (χ2v) is 4.71. The van der Waals surface area contributed by atoms with E-state index in [0.29, 0.717) is 22.8 Å². The molecule has 0 aliphatic carbocycles. The Morgan fingerprint density at radius 3 is 3.00 bits per heavy atom. The van der Waals surface area contributed by atoms with Gasteiger partial charge in [-0.05, 0) is 29.8 Å². The normalized spacial score (nSPS) is 10.8. The Kier molecular flexibility index (Phi) is 2.89. The minimum Gasteiger partial charge on any atom is -0.437 e. The molecule has 2 aromatic heterocycles. The number of nitrogens with zero attached hydrogens (tertiary/aromatic N) is 3. The first-order valence-electron chi connectivity index (χ1n) is 5.02. The van der Waals surface area contributed by atoms with Crippen LogP contribution in [-0.4, -0.2) is 19.9 Å². The van der Waals surface area contributed by atoms with Crippen molar-refractivity contribution in [3.05, 3.63) is 40.3 Å².